The number of nitriles is 1. The quantitative estimate of drug-likeness (QED) is 0.720. The number of piperidine rings is 1. The van der Waals surface area contributed by atoms with E-state index in [1.807, 2.05) is 0 Å². The zero-order chi connectivity index (χ0) is 11.6. The first-order valence-corrected chi connectivity index (χ1v) is 5.59. The van der Waals surface area contributed by atoms with E-state index in [1.165, 1.54) is 0 Å². The summed E-state index contributed by atoms with van der Waals surface area (Å²) < 4.78 is 0. The van der Waals surface area contributed by atoms with Crippen molar-refractivity contribution in [3.63, 3.8) is 0 Å². The topological polar surface area (TPSA) is 52.8 Å². The molecule has 0 atom stereocenters. The Morgan fingerprint density at radius 1 is 1.38 bits per heavy atom. The van der Waals surface area contributed by atoms with Gasteiger partial charge >= 0.3 is 0 Å². The third-order valence-corrected chi connectivity index (χ3v) is 3.24. The van der Waals surface area contributed by atoms with E-state index >= 15 is 0 Å². The van der Waals surface area contributed by atoms with Crippen molar-refractivity contribution in [1.82, 2.24) is 10.2 Å². The van der Waals surface area contributed by atoms with Crippen molar-refractivity contribution in [1.29, 1.82) is 5.26 Å². The van der Waals surface area contributed by atoms with Crippen molar-refractivity contribution >= 4 is 5.82 Å². The highest BCUT2D eigenvalue weighted by Gasteiger charge is 2.27. The van der Waals surface area contributed by atoms with E-state index in [2.05, 4.69) is 35.0 Å². The normalized spacial score (nSPS) is 19.2. The molecule has 1 fully saturated rings. The summed E-state index contributed by atoms with van der Waals surface area (Å²) in [5.41, 5.74) is 1.03. The number of rotatable bonds is 1. The lowest BCUT2D eigenvalue weighted by molar-refractivity contribution is 0.279. The molecule has 0 aromatic carbocycles. The molecule has 1 aliphatic rings. The molecule has 1 aliphatic heterocycles. The minimum atomic E-state index is 0.408. The first kappa shape index (κ1) is 10.9. The molecular formula is C12H16N4. The van der Waals surface area contributed by atoms with Crippen LogP contribution in [0, 0.1) is 16.7 Å². The lowest BCUT2D eigenvalue weighted by atomic mass is 9.82. The van der Waals surface area contributed by atoms with Crippen molar-refractivity contribution in [2.75, 3.05) is 18.0 Å². The predicted octanol–water partition coefficient (Wildman–Crippen LogP) is 1.97. The Morgan fingerprint density at radius 2 is 2.06 bits per heavy atom. The van der Waals surface area contributed by atoms with Gasteiger partial charge in [0, 0.05) is 13.1 Å². The molecule has 84 valence electrons. The molecule has 0 radical (unpaired) electrons. The first-order chi connectivity index (χ1) is 7.62. The molecule has 1 aromatic heterocycles. The summed E-state index contributed by atoms with van der Waals surface area (Å²) in [7, 11) is 0. The average Bonchev–Trinajstić information content (AvgIpc) is 2.29. The van der Waals surface area contributed by atoms with Crippen LogP contribution in [0.1, 0.15) is 32.3 Å². The van der Waals surface area contributed by atoms with E-state index in [-0.39, 0.29) is 0 Å². The van der Waals surface area contributed by atoms with Gasteiger partial charge in [-0.1, -0.05) is 13.8 Å². The third-order valence-electron chi connectivity index (χ3n) is 3.24. The maximum atomic E-state index is 9.01. The molecule has 16 heavy (non-hydrogen) atoms. The summed E-state index contributed by atoms with van der Waals surface area (Å²) in [6, 6.07) is 3.89. The Balaban J connectivity index is 2.18. The lowest BCUT2D eigenvalue weighted by Crippen LogP contribution is -2.38. The largest absolute Gasteiger partial charge is 0.354 e. The second-order valence-corrected chi connectivity index (χ2v) is 5.03. The van der Waals surface area contributed by atoms with Gasteiger partial charge in [0.05, 0.1) is 11.8 Å². The summed E-state index contributed by atoms with van der Waals surface area (Å²) >= 11 is 0. The monoisotopic (exact) mass is 216 g/mol. The summed E-state index contributed by atoms with van der Waals surface area (Å²) in [5.74, 6) is 0.737. The predicted molar refractivity (Wildman–Crippen MR) is 62.0 cm³/mol. The van der Waals surface area contributed by atoms with Crippen LogP contribution in [-0.4, -0.2) is 23.3 Å². The second-order valence-electron chi connectivity index (χ2n) is 5.03. The Hall–Kier alpha value is -1.63. The summed E-state index contributed by atoms with van der Waals surface area (Å²) in [5, 5.41) is 16.9. The Kier molecular flexibility index (Phi) is 2.78. The van der Waals surface area contributed by atoms with Crippen molar-refractivity contribution in [2.45, 2.75) is 26.7 Å². The highest BCUT2D eigenvalue weighted by molar-refractivity contribution is 5.52. The molecule has 0 bridgehead atoms. The molecule has 2 heterocycles. The van der Waals surface area contributed by atoms with Gasteiger partial charge < -0.3 is 4.90 Å². The molecule has 1 aromatic rings. The number of aromatic nitrogens is 2. The van der Waals surface area contributed by atoms with Crippen LogP contribution in [-0.2, 0) is 0 Å². The van der Waals surface area contributed by atoms with Gasteiger partial charge in [0.1, 0.15) is 6.07 Å². The van der Waals surface area contributed by atoms with Crippen LogP contribution in [0.3, 0.4) is 0 Å². The summed E-state index contributed by atoms with van der Waals surface area (Å²) in [4.78, 5) is 2.16. The number of hydrogen-bond donors (Lipinski definition) is 0. The first-order valence-electron chi connectivity index (χ1n) is 5.59. The second kappa shape index (κ2) is 4.09. The van der Waals surface area contributed by atoms with Crippen molar-refractivity contribution in [3.8, 4) is 6.07 Å². The van der Waals surface area contributed by atoms with Gasteiger partial charge in [-0.05, 0) is 24.3 Å². The van der Waals surface area contributed by atoms with E-state index < -0.39 is 0 Å². The van der Waals surface area contributed by atoms with E-state index in [9.17, 15) is 0 Å². The average molecular weight is 216 g/mol. The van der Waals surface area contributed by atoms with Crippen molar-refractivity contribution in [3.05, 3.63) is 17.8 Å². The lowest BCUT2D eigenvalue weighted by Gasteiger charge is -2.37. The molecule has 4 nitrogen and oxygen atoms in total. The molecule has 0 saturated carbocycles. The minimum absolute atomic E-state index is 0.408. The van der Waals surface area contributed by atoms with E-state index in [0.717, 1.165) is 31.7 Å². The standard InChI is InChI=1S/C12H16N4/c1-12(2)4-7-16(8-5-12)11-10(9-13)3-6-14-15-11/h3,6H,4-5,7-8H2,1-2H3. The zero-order valence-electron chi connectivity index (χ0n) is 9.77. The van der Waals surface area contributed by atoms with Crippen LogP contribution in [0.2, 0.25) is 0 Å². The van der Waals surface area contributed by atoms with Gasteiger partial charge in [-0.25, -0.2) is 0 Å². The molecule has 0 amide bonds. The van der Waals surface area contributed by atoms with Crippen LogP contribution < -0.4 is 4.90 Å². The SMILES string of the molecule is CC1(C)CCN(c2nnccc2C#N)CC1. The smallest absolute Gasteiger partial charge is 0.169 e. The van der Waals surface area contributed by atoms with Crippen LogP contribution in [0.15, 0.2) is 12.3 Å². The number of nitrogens with zero attached hydrogens (tertiary/aromatic N) is 4. The van der Waals surface area contributed by atoms with Crippen LogP contribution in [0.5, 0.6) is 0 Å². The zero-order valence-corrected chi connectivity index (χ0v) is 9.77. The fourth-order valence-corrected chi connectivity index (χ4v) is 1.97. The fourth-order valence-electron chi connectivity index (χ4n) is 1.97. The molecule has 0 aliphatic carbocycles. The maximum Gasteiger partial charge on any atom is 0.169 e. The molecule has 0 N–H and O–H groups in total. The van der Waals surface area contributed by atoms with Crippen molar-refractivity contribution in [2.24, 2.45) is 5.41 Å². The Bertz CT molecular complexity index is 409. The molecule has 0 unspecified atom stereocenters. The highest BCUT2D eigenvalue weighted by Crippen LogP contribution is 2.32. The summed E-state index contributed by atoms with van der Waals surface area (Å²) in [6.45, 7) is 6.49. The molecule has 1 saturated heterocycles. The van der Waals surface area contributed by atoms with Crippen LogP contribution >= 0.6 is 0 Å². The highest BCUT2D eigenvalue weighted by atomic mass is 15.3. The summed E-state index contributed by atoms with van der Waals surface area (Å²) in [6.07, 6.45) is 3.83. The minimum Gasteiger partial charge on any atom is -0.354 e. The Morgan fingerprint density at radius 3 is 2.69 bits per heavy atom. The van der Waals surface area contributed by atoms with Gasteiger partial charge in [-0.2, -0.15) is 10.4 Å². The molecular weight excluding hydrogens is 200 g/mol. The van der Waals surface area contributed by atoms with E-state index in [1.54, 1.807) is 12.3 Å². The third kappa shape index (κ3) is 2.13. The van der Waals surface area contributed by atoms with Gasteiger partial charge in [-0.15, -0.1) is 5.10 Å². The molecule has 4 heteroatoms. The van der Waals surface area contributed by atoms with E-state index in [4.69, 9.17) is 5.26 Å². The molecule has 2 rings (SSSR count). The number of anilines is 1. The van der Waals surface area contributed by atoms with Crippen LogP contribution in [0.25, 0.3) is 0 Å². The van der Waals surface area contributed by atoms with Crippen LogP contribution in [0.4, 0.5) is 5.82 Å². The maximum absolute atomic E-state index is 9.01. The van der Waals surface area contributed by atoms with E-state index in [0.29, 0.717) is 11.0 Å². The van der Waals surface area contributed by atoms with Crippen molar-refractivity contribution < 1.29 is 0 Å². The fraction of sp³-hybridized carbons (Fsp3) is 0.583. The molecule has 0 spiro atoms. The Labute approximate surface area is 95.9 Å². The van der Waals surface area contributed by atoms with Gasteiger partial charge in [0.25, 0.3) is 0 Å². The van der Waals surface area contributed by atoms with Gasteiger partial charge in [0.15, 0.2) is 5.82 Å². The number of hydrogen-bond acceptors (Lipinski definition) is 4. The van der Waals surface area contributed by atoms with Gasteiger partial charge in [0.2, 0.25) is 0 Å². The van der Waals surface area contributed by atoms with Gasteiger partial charge in [-0.3, -0.25) is 0 Å².